The van der Waals surface area contributed by atoms with E-state index in [2.05, 4.69) is 17.9 Å². The highest BCUT2D eigenvalue weighted by Gasteiger charge is 2.23. The van der Waals surface area contributed by atoms with Crippen LogP contribution in [0.4, 0.5) is 0 Å². The Morgan fingerprint density at radius 3 is 2.64 bits per heavy atom. The maximum Gasteiger partial charge on any atom is 0.257 e. The van der Waals surface area contributed by atoms with Gasteiger partial charge in [0.05, 0.1) is 18.2 Å². The highest BCUT2D eigenvalue weighted by Crippen LogP contribution is 2.21. The van der Waals surface area contributed by atoms with Crippen molar-refractivity contribution in [2.45, 2.75) is 39.0 Å². The topological polar surface area (TPSA) is 56.6 Å². The minimum Gasteiger partial charge on any atom is -0.493 e. The molecule has 0 spiro atoms. The highest BCUT2D eigenvalue weighted by atomic mass is 16.5. The number of unbranched alkanes of at least 4 members (excludes halogenated alkanes) is 3. The Morgan fingerprint density at radius 2 is 1.92 bits per heavy atom. The summed E-state index contributed by atoms with van der Waals surface area (Å²) in [5, 5.41) is 8.68. The minimum atomic E-state index is 0.0455. The first-order valence-corrected chi connectivity index (χ1v) is 9.36. The van der Waals surface area contributed by atoms with E-state index in [1.165, 1.54) is 12.8 Å². The van der Waals surface area contributed by atoms with Crippen LogP contribution in [0.25, 0.3) is 0 Å². The summed E-state index contributed by atoms with van der Waals surface area (Å²) in [4.78, 5) is 17.0. The number of carbonyl (C=O) groups is 1. The molecule has 0 unspecified atom stereocenters. The Balaban J connectivity index is 1.88. The van der Waals surface area contributed by atoms with Crippen LogP contribution in [0.2, 0.25) is 0 Å². The third kappa shape index (κ3) is 6.06. The molecule has 1 amide bonds. The van der Waals surface area contributed by atoms with Gasteiger partial charge >= 0.3 is 0 Å². The number of ether oxygens (including phenoxy) is 1. The van der Waals surface area contributed by atoms with Crippen LogP contribution < -0.4 is 4.74 Å². The second-order valence-electron chi connectivity index (χ2n) is 6.45. The molecule has 1 aliphatic heterocycles. The van der Waals surface area contributed by atoms with Crippen molar-refractivity contribution in [2.24, 2.45) is 0 Å². The van der Waals surface area contributed by atoms with E-state index < -0.39 is 0 Å². The standard InChI is InChI=1S/C20H29N3O2/c1-2-3-4-7-17-25-19-10-6-5-9-18(19)20(24)23-15-13-22(14-16-23)12-8-11-21/h5-6,9-10H,2-4,7-8,12-17H2,1H3. The van der Waals surface area contributed by atoms with Gasteiger partial charge in [-0.1, -0.05) is 38.3 Å². The number of carbonyl (C=O) groups excluding carboxylic acids is 1. The van der Waals surface area contributed by atoms with Crippen molar-refractivity contribution in [1.29, 1.82) is 5.26 Å². The largest absolute Gasteiger partial charge is 0.493 e. The average Bonchev–Trinajstić information content (AvgIpc) is 2.66. The van der Waals surface area contributed by atoms with E-state index in [4.69, 9.17) is 10.00 Å². The van der Waals surface area contributed by atoms with E-state index in [9.17, 15) is 4.79 Å². The summed E-state index contributed by atoms with van der Waals surface area (Å²) in [7, 11) is 0. The average molecular weight is 343 g/mol. The molecule has 1 aliphatic rings. The van der Waals surface area contributed by atoms with Crippen LogP contribution >= 0.6 is 0 Å². The number of nitriles is 1. The zero-order chi connectivity index (χ0) is 17.9. The van der Waals surface area contributed by atoms with Crippen molar-refractivity contribution < 1.29 is 9.53 Å². The SMILES string of the molecule is CCCCCCOc1ccccc1C(=O)N1CCN(CCC#N)CC1. The summed E-state index contributed by atoms with van der Waals surface area (Å²) in [5.74, 6) is 0.736. The number of rotatable bonds is 9. The van der Waals surface area contributed by atoms with Crippen molar-refractivity contribution in [3.8, 4) is 11.8 Å². The first-order valence-electron chi connectivity index (χ1n) is 9.36. The van der Waals surface area contributed by atoms with Gasteiger partial charge in [-0.3, -0.25) is 9.69 Å². The summed E-state index contributed by atoms with van der Waals surface area (Å²) in [6.07, 6.45) is 5.16. The molecule has 1 fully saturated rings. The Kier molecular flexibility index (Phi) is 8.27. The molecule has 136 valence electrons. The third-order valence-electron chi connectivity index (χ3n) is 4.57. The maximum absolute atomic E-state index is 12.9. The van der Waals surface area contributed by atoms with E-state index in [1.54, 1.807) is 0 Å². The molecule has 0 radical (unpaired) electrons. The molecule has 0 aromatic heterocycles. The monoisotopic (exact) mass is 343 g/mol. The Bertz CT molecular complexity index is 575. The molecule has 0 saturated carbocycles. The van der Waals surface area contributed by atoms with Crippen LogP contribution in [0, 0.1) is 11.3 Å². The number of benzene rings is 1. The molecule has 0 aliphatic carbocycles. The predicted octanol–water partition coefficient (Wildman–Crippen LogP) is 3.32. The maximum atomic E-state index is 12.9. The van der Waals surface area contributed by atoms with Crippen molar-refractivity contribution in [2.75, 3.05) is 39.3 Å². The first kappa shape index (κ1) is 19.3. The smallest absolute Gasteiger partial charge is 0.257 e. The molecule has 1 heterocycles. The molecule has 1 aromatic carbocycles. The van der Waals surface area contributed by atoms with Gasteiger partial charge < -0.3 is 9.64 Å². The lowest BCUT2D eigenvalue weighted by Gasteiger charge is -2.34. The van der Waals surface area contributed by atoms with Gasteiger partial charge in [-0.2, -0.15) is 5.26 Å². The fourth-order valence-corrected chi connectivity index (χ4v) is 3.03. The van der Waals surface area contributed by atoms with Crippen LogP contribution in [0.5, 0.6) is 5.75 Å². The summed E-state index contributed by atoms with van der Waals surface area (Å²) < 4.78 is 5.88. The molecule has 1 aromatic rings. The molecular weight excluding hydrogens is 314 g/mol. The zero-order valence-corrected chi connectivity index (χ0v) is 15.2. The second-order valence-corrected chi connectivity index (χ2v) is 6.45. The van der Waals surface area contributed by atoms with Gasteiger partial charge in [-0.05, 0) is 18.6 Å². The minimum absolute atomic E-state index is 0.0455. The van der Waals surface area contributed by atoms with Crippen molar-refractivity contribution in [1.82, 2.24) is 9.80 Å². The summed E-state index contributed by atoms with van der Waals surface area (Å²) in [5.41, 5.74) is 0.656. The van der Waals surface area contributed by atoms with Crippen LogP contribution in [-0.2, 0) is 0 Å². The van der Waals surface area contributed by atoms with Gasteiger partial charge in [0.1, 0.15) is 5.75 Å². The molecule has 0 N–H and O–H groups in total. The predicted molar refractivity (Wildman–Crippen MR) is 98.7 cm³/mol. The number of nitrogens with zero attached hydrogens (tertiary/aromatic N) is 3. The Morgan fingerprint density at radius 1 is 1.16 bits per heavy atom. The molecule has 5 heteroatoms. The van der Waals surface area contributed by atoms with Crippen molar-refractivity contribution in [3.63, 3.8) is 0 Å². The number of para-hydroxylation sites is 1. The molecule has 5 nitrogen and oxygen atoms in total. The molecule has 0 bridgehead atoms. The number of piperazine rings is 1. The van der Waals surface area contributed by atoms with E-state index in [0.717, 1.165) is 32.5 Å². The molecule has 1 saturated heterocycles. The summed E-state index contributed by atoms with van der Waals surface area (Å²) >= 11 is 0. The lowest BCUT2D eigenvalue weighted by Crippen LogP contribution is -2.48. The van der Waals surface area contributed by atoms with Gasteiger partial charge in [0.2, 0.25) is 0 Å². The van der Waals surface area contributed by atoms with Gasteiger partial charge in [0.25, 0.3) is 5.91 Å². The summed E-state index contributed by atoms with van der Waals surface area (Å²) in [6.45, 7) is 6.70. The van der Waals surface area contributed by atoms with Crippen LogP contribution in [0.1, 0.15) is 49.4 Å². The van der Waals surface area contributed by atoms with E-state index in [-0.39, 0.29) is 5.91 Å². The van der Waals surface area contributed by atoms with Gasteiger partial charge in [-0.15, -0.1) is 0 Å². The van der Waals surface area contributed by atoms with E-state index in [1.807, 2.05) is 29.2 Å². The first-order chi connectivity index (χ1) is 12.3. The molecular formula is C20H29N3O2. The fraction of sp³-hybridized carbons (Fsp3) is 0.600. The van der Waals surface area contributed by atoms with Crippen molar-refractivity contribution >= 4 is 5.91 Å². The molecule has 0 atom stereocenters. The zero-order valence-electron chi connectivity index (χ0n) is 15.2. The second kappa shape index (κ2) is 10.7. The summed E-state index contributed by atoms with van der Waals surface area (Å²) in [6, 6.07) is 9.72. The number of hydrogen-bond acceptors (Lipinski definition) is 4. The van der Waals surface area contributed by atoms with Gasteiger partial charge in [0.15, 0.2) is 0 Å². The van der Waals surface area contributed by atoms with Crippen molar-refractivity contribution in [3.05, 3.63) is 29.8 Å². The number of hydrogen-bond donors (Lipinski definition) is 0. The normalized spacial score (nSPS) is 15.0. The third-order valence-corrected chi connectivity index (χ3v) is 4.57. The van der Waals surface area contributed by atoms with E-state index >= 15 is 0 Å². The quantitative estimate of drug-likeness (QED) is 0.646. The van der Waals surface area contributed by atoms with E-state index in [0.29, 0.717) is 37.4 Å². The lowest BCUT2D eigenvalue weighted by molar-refractivity contribution is 0.0635. The Labute approximate surface area is 151 Å². The lowest BCUT2D eigenvalue weighted by atomic mass is 10.1. The molecule has 2 rings (SSSR count). The number of amides is 1. The fourth-order valence-electron chi connectivity index (χ4n) is 3.03. The highest BCUT2D eigenvalue weighted by molar-refractivity contribution is 5.97. The van der Waals surface area contributed by atoms with Crippen LogP contribution in [0.3, 0.4) is 0 Å². The van der Waals surface area contributed by atoms with Crippen LogP contribution in [0.15, 0.2) is 24.3 Å². The van der Waals surface area contributed by atoms with Crippen LogP contribution in [-0.4, -0.2) is 55.0 Å². The van der Waals surface area contributed by atoms with Gasteiger partial charge in [-0.25, -0.2) is 0 Å². The Hall–Kier alpha value is -2.06. The molecule has 25 heavy (non-hydrogen) atoms. The van der Waals surface area contributed by atoms with Gasteiger partial charge in [0, 0.05) is 39.1 Å².